The Morgan fingerprint density at radius 2 is 1.88 bits per heavy atom. The molecule has 0 saturated carbocycles. The number of carbonyl (C=O) groups excluding carboxylic acids is 1. The summed E-state index contributed by atoms with van der Waals surface area (Å²) in [6.07, 6.45) is 1.47. The Hall–Kier alpha value is -4.06. The first-order valence-corrected chi connectivity index (χ1v) is 11.2. The molecule has 0 saturated heterocycles. The summed E-state index contributed by atoms with van der Waals surface area (Å²) in [5.41, 5.74) is -0.353. The number of hydrogen-bond acceptors (Lipinski definition) is 9. The quantitative estimate of drug-likeness (QED) is 0.335. The molecular weight excluding hydrogens is 462 g/mol. The number of furan rings is 1. The van der Waals surface area contributed by atoms with Crippen molar-refractivity contribution in [2.24, 2.45) is 14.1 Å². The van der Waals surface area contributed by atoms with E-state index < -0.39 is 11.2 Å². The maximum absolute atomic E-state index is 12.9. The average Bonchev–Trinajstić information content (AvgIpc) is 3.39. The summed E-state index contributed by atoms with van der Waals surface area (Å²) in [4.78, 5) is 46.9. The molecule has 4 heterocycles. The smallest absolute Gasteiger partial charge is 0.332 e. The molecule has 5 rings (SSSR count). The zero-order valence-electron chi connectivity index (χ0n) is 18.2. The van der Waals surface area contributed by atoms with E-state index in [1.807, 2.05) is 0 Å². The highest BCUT2D eigenvalue weighted by atomic mass is 32.2. The number of fused-ring (bicyclic) bond motifs is 2. The molecule has 0 aliphatic carbocycles. The van der Waals surface area contributed by atoms with E-state index in [4.69, 9.17) is 13.9 Å². The zero-order valence-corrected chi connectivity index (χ0v) is 19.0. The zero-order chi connectivity index (χ0) is 23.8. The van der Waals surface area contributed by atoms with Crippen LogP contribution in [0.25, 0.3) is 22.6 Å². The summed E-state index contributed by atoms with van der Waals surface area (Å²) in [6, 6.07) is 8.49. The van der Waals surface area contributed by atoms with Gasteiger partial charge in [0, 0.05) is 25.8 Å². The highest BCUT2D eigenvalue weighted by molar-refractivity contribution is 8.00. The lowest BCUT2D eigenvalue weighted by atomic mass is 10.2. The summed E-state index contributed by atoms with van der Waals surface area (Å²) in [6.45, 7) is 0.920. The fourth-order valence-electron chi connectivity index (χ4n) is 3.50. The highest BCUT2D eigenvalue weighted by Gasteiger charge is 2.20. The third-order valence-corrected chi connectivity index (χ3v) is 6.15. The van der Waals surface area contributed by atoms with Crippen LogP contribution in [0.15, 0.2) is 55.6 Å². The van der Waals surface area contributed by atoms with Gasteiger partial charge in [-0.2, -0.15) is 0 Å². The van der Waals surface area contributed by atoms with Gasteiger partial charge in [-0.05, 0) is 24.3 Å². The van der Waals surface area contributed by atoms with Crippen LogP contribution in [0.3, 0.4) is 0 Å². The number of carbonyl (C=O) groups is 1. The fourth-order valence-corrected chi connectivity index (χ4v) is 4.32. The Labute approximate surface area is 196 Å². The van der Waals surface area contributed by atoms with Crippen LogP contribution in [0, 0.1) is 0 Å². The molecule has 0 bridgehead atoms. The minimum Gasteiger partial charge on any atom is -0.486 e. The van der Waals surface area contributed by atoms with Gasteiger partial charge in [0.05, 0.1) is 12.0 Å². The van der Waals surface area contributed by atoms with Gasteiger partial charge >= 0.3 is 5.69 Å². The molecular formula is C22H19N5O6S. The standard InChI is InChI=1S/C22H19N5O6S/c1-26-19-17(21(29)27(2)22(26)30)20(25-18(24-19)14-4-3-7-31-14)34-11-16(28)23-12-5-6-13-15(10-12)33-9-8-32-13/h3-7,10H,8-9,11H2,1-2H3,(H,23,28). The van der Waals surface area contributed by atoms with Crippen LogP contribution in [0.4, 0.5) is 5.69 Å². The Morgan fingerprint density at radius 1 is 1.09 bits per heavy atom. The van der Waals surface area contributed by atoms with Crippen LogP contribution < -0.4 is 26.0 Å². The van der Waals surface area contributed by atoms with E-state index in [0.717, 1.165) is 16.3 Å². The van der Waals surface area contributed by atoms with Crippen molar-refractivity contribution < 1.29 is 18.7 Å². The second-order valence-corrected chi connectivity index (χ2v) is 8.39. The number of amides is 1. The molecule has 1 N–H and O–H groups in total. The van der Waals surface area contributed by atoms with Crippen LogP contribution >= 0.6 is 11.8 Å². The first-order valence-electron chi connectivity index (χ1n) is 10.3. The predicted octanol–water partition coefficient (Wildman–Crippen LogP) is 1.79. The Balaban J connectivity index is 1.46. The van der Waals surface area contributed by atoms with Gasteiger partial charge in [-0.1, -0.05) is 11.8 Å². The van der Waals surface area contributed by atoms with Crippen molar-refractivity contribution in [1.82, 2.24) is 19.1 Å². The lowest BCUT2D eigenvalue weighted by Crippen LogP contribution is -2.37. The van der Waals surface area contributed by atoms with Crippen molar-refractivity contribution in [3.63, 3.8) is 0 Å². The molecule has 1 aliphatic rings. The number of benzene rings is 1. The summed E-state index contributed by atoms with van der Waals surface area (Å²) in [7, 11) is 2.90. The maximum atomic E-state index is 12.9. The highest BCUT2D eigenvalue weighted by Crippen LogP contribution is 2.33. The van der Waals surface area contributed by atoms with E-state index in [1.54, 1.807) is 30.3 Å². The summed E-state index contributed by atoms with van der Waals surface area (Å²) in [5, 5.41) is 3.22. The second-order valence-electron chi connectivity index (χ2n) is 7.43. The van der Waals surface area contributed by atoms with Gasteiger partial charge in [0.15, 0.2) is 28.7 Å². The van der Waals surface area contributed by atoms with Gasteiger partial charge in [0.25, 0.3) is 5.56 Å². The number of hydrogen-bond donors (Lipinski definition) is 1. The van der Waals surface area contributed by atoms with E-state index in [9.17, 15) is 14.4 Å². The van der Waals surface area contributed by atoms with Gasteiger partial charge in [-0.25, -0.2) is 14.8 Å². The van der Waals surface area contributed by atoms with Gasteiger partial charge in [0.1, 0.15) is 23.6 Å². The average molecular weight is 481 g/mol. The van der Waals surface area contributed by atoms with Crippen molar-refractivity contribution in [2.45, 2.75) is 5.03 Å². The molecule has 1 amide bonds. The Bertz CT molecular complexity index is 1530. The molecule has 3 aromatic heterocycles. The number of anilines is 1. The molecule has 0 spiro atoms. The van der Waals surface area contributed by atoms with E-state index in [0.29, 0.717) is 36.2 Å². The number of aromatic nitrogens is 4. The largest absolute Gasteiger partial charge is 0.486 e. The van der Waals surface area contributed by atoms with Crippen molar-refractivity contribution in [1.29, 1.82) is 0 Å². The minimum atomic E-state index is -0.543. The molecule has 1 aromatic carbocycles. The molecule has 12 heteroatoms. The fraction of sp³-hybridized carbons (Fsp3) is 0.227. The molecule has 0 radical (unpaired) electrons. The van der Waals surface area contributed by atoms with Gasteiger partial charge in [0.2, 0.25) is 5.91 Å². The van der Waals surface area contributed by atoms with Gasteiger partial charge in [-0.15, -0.1) is 0 Å². The van der Waals surface area contributed by atoms with Crippen molar-refractivity contribution >= 4 is 34.4 Å². The third kappa shape index (κ3) is 3.92. The molecule has 11 nitrogen and oxygen atoms in total. The number of aryl methyl sites for hydroxylation is 1. The maximum Gasteiger partial charge on any atom is 0.332 e. The van der Waals surface area contributed by atoms with Crippen LogP contribution in [-0.4, -0.2) is 44.0 Å². The first-order chi connectivity index (χ1) is 16.4. The molecule has 34 heavy (non-hydrogen) atoms. The number of nitrogens with one attached hydrogen (secondary N) is 1. The van der Waals surface area contributed by atoms with Crippen molar-refractivity contribution in [2.75, 3.05) is 24.3 Å². The topological polar surface area (TPSA) is 130 Å². The summed E-state index contributed by atoms with van der Waals surface area (Å²) in [5.74, 6) is 1.41. The van der Waals surface area contributed by atoms with Crippen molar-refractivity contribution in [3.05, 3.63) is 57.4 Å². The van der Waals surface area contributed by atoms with Crippen LogP contribution in [0.1, 0.15) is 0 Å². The van der Waals surface area contributed by atoms with Crippen LogP contribution in [0.5, 0.6) is 11.5 Å². The number of ether oxygens (including phenoxy) is 2. The molecule has 0 atom stereocenters. The van der Waals surface area contributed by atoms with E-state index in [-0.39, 0.29) is 33.5 Å². The monoisotopic (exact) mass is 481 g/mol. The molecule has 4 aromatic rings. The van der Waals surface area contributed by atoms with E-state index in [1.165, 1.54) is 24.9 Å². The van der Waals surface area contributed by atoms with E-state index >= 15 is 0 Å². The van der Waals surface area contributed by atoms with E-state index in [2.05, 4.69) is 15.3 Å². The predicted molar refractivity (Wildman–Crippen MR) is 125 cm³/mol. The Kier molecular flexibility index (Phi) is 5.57. The molecule has 0 unspecified atom stereocenters. The number of thioether (sulfide) groups is 1. The Morgan fingerprint density at radius 3 is 2.65 bits per heavy atom. The lowest BCUT2D eigenvalue weighted by molar-refractivity contribution is -0.113. The van der Waals surface area contributed by atoms with Gasteiger partial charge in [-0.3, -0.25) is 18.7 Å². The van der Waals surface area contributed by atoms with Crippen molar-refractivity contribution in [3.8, 4) is 23.1 Å². The summed E-state index contributed by atoms with van der Waals surface area (Å²) < 4.78 is 18.7. The molecule has 0 fully saturated rings. The van der Waals surface area contributed by atoms with Gasteiger partial charge < -0.3 is 19.2 Å². The molecule has 1 aliphatic heterocycles. The number of rotatable bonds is 5. The second kappa shape index (κ2) is 8.71. The number of nitrogens with zero attached hydrogens (tertiary/aromatic N) is 4. The van der Waals surface area contributed by atoms with Crippen LogP contribution in [0.2, 0.25) is 0 Å². The first kappa shape index (κ1) is 21.8. The third-order valence-electron chi connectivity index (χ3n) is 5.17. The SMILES string of the molecule is Cn1c(=O)c2c(SCC(=O)Nc3ccc4c(c3)OCCO4)nc(-c3ccco3)nc2n(C)c1=O. The van der Waals surface area contributed by atoms with Crippen LogP contribution in [-0.2, 0) is 18.9 Å². The minimum absolute atomic E-state index is 0.0376. The lowest BCUT2D eigenvalue weighted by Gasteiger charge is -2.19. The summed E-state index contributed by atoms with van der Waals surface area (Å²) >= 11 is 1.07. The normalized spacial score (nSPS) is 12.6. The molecule has 174 valence electrons.